The highest BCUT2D eigenvalue weighted by atomic mass is 32.2. The second-order valence-corrected chi connectivity index (χ2v) is 11.7. The van der Waals surface area contributed by atoms with Gasteiger partial charge in [0.2, 0.25) is 5.91 Å². The predicted molar refractivity (Wildman–Crippen MR) is 138 cm³/mol. The number of hydrogen-bond donors (Lipinski definition) is 1. The van der Waals surface area contributed by atoms with E-state index in [4.69, 9.17) is 14.2 Å². The SMILES string of the molecule is CN(C)c1cc(N2CCOc3ccc(O[C@H]4CN(C(=O)C5CCOCC5)CN4)cc32)cnc1S(C)(=O)=O. The van der Waals surface area contributed by atoms with E-state index in [0.29, 0.717) is 56.8 Å². The van der Waals surface area contributed by atoms with Gasteiger partial charge in [0, 0.05) is 45.5 Å². The highest BCUT2D eigenvalue weighted by Gasteiger charge is 2.33. The largest absolute Gasteiger partial charge is 0.490 e. The lowest BCUT2D eigenvalue weighted by Gasteiger charge is -2.32. The smallest absolute Gasteiger partial charge is 0.227 e. The minimum Gasteiger partial charge on any atom is -0.490 e. The number of aromatic nitrogens is 1. The molecule has 11 nitrogen and oxygen atoms in total. The number of ether oxygens (including phenoxy) is 3. The Morgan fingerprint density at radius 1 is 1.19 bits per heavy atom. The van der Waals surface area contributed by atoms with Crippen LogP contribution in [0.25, 0.3) is 0 Å². The number of hydrogen-bond acceptors (Lipinski definition) is 10. The van der Waals surface area contributed by atoms with Gasteiger partial charge in [0.1, 0.15) is 18.1 Å². The normalized spacial score (nSPS) is 20.4. The molecule has 3 aliphatic rings. The fraction of sp³-hybridized carbons (Fsp3) is 0.520. The van der Waals surface area contributed by atoms with Crippen LogP contribution in [0.4, 0.5) is 17.1 Å². The van der Waals surface area contributed by atoms with E-state index in [1.807, 2.05) is 34.1 Å². The fourth-order valence-corrected chi connectivity index (χ4v) is 5.74. The van der Waals surface area contributed by atoms with Crippen LogP contribution in [0.3, 0.4) is 0 Å². The van der Waals surface area contributed by atoms with E-state index in [2.05, 4.69) is 10.3 Å². The van der Waals surface area contributed by atoms with E-state index >= 15 is 0 Å². The molecule has 2 fully saturated rings. The van der Waals surface area contributed by atoms with Crippen molar-refractivity contribution in [2.24, 2.45) is 5.92 Å². The lowest BCUT2D eigenvalue weighted by Crippen LogP contribution is -2.38. The monoisotopic (exact) mass is 531 g/mol. The van der Waals surface area contributed by atoms with Crippen molar-refractivity contribution in [1.82, 2.24) is 15.2 Å². The standard InChI is InChI=1S/C25H33N5O6S/c1-28(2)21-12-18(14-26-24(21)37(3,32)33)30-8-11-35-22-5-4-19(13-20(22)30)36-23-15-29(16-27-23)25(31)17-6-9-34-10-7-17/h4-5,12-14,17,23,27H,6-11,15-16H2,1-3H3/t23-/m0/s1. The van der Waals surface area contributed by atoms with Gasteiger partial charge < -0.3 is 28.9 Å². The van der Waals surface area contributed by atoms with Gasteiger partial charge in [-0.1, -0.05) is 0 Å². The molecule has 1 atom stereocenters. The van der Waals surface area contributed by atoms with Gasteiger partial charge in [-0.25, -0.2) is 13.4 Å². The van der Waals surface area contributed by atoms with Crippen molar-refractivity contribution in [3.63, 3.8) is 0 Å². The van der Waals surface area contributed by atoms with Gasteiger partial charge in [-0.05, 0) is 31.0 Å². The van der Waals surface area contributed by atoms with E-state index in [9.17, 15) is 13.2 Å². The van der Waals surface area contributed by atoms with Gasteiger partial charge in [0.05, 0.1) is 43.0 Å². The van der Waals surface area contributed by atoms with Crippen molar-refractivity contribution in [1.29, 1.82) is 0 Å². The Labute approximate surface area is 217 Å². The van der Waals surface area contributed by atoms with E-state index in [1.165, 1.54) is 0 Å². The minimum absolute atomic E-state index is 0.0125. The molecule has 4 heterocycles. The lowest BCUT2D eigenvalue weighted by atomic mass is 9.99. The zero-order valence-electron chi connectivity index (χ0n) is 21.3. The maximum atomic E-state index is 12.9. The molecule has 37 heavy (non-hydrogen) atoms. The van der Waals surface area contributed by atoms with Crippen molar-refractivity contribution >= 4 is 32.8 Å². The van der Waals surface area contributed by atoms with Crippen LogP contribution in [0.5, 0.6) is 11.5 Å². The number of anilines is 3. The Hall–Kier alpha value is -3.09. The Balaban J connectivity index is 1.34. The molecule has 2 saturated heterocycles. The summed E-state index contributed by atoms with van der Waals surface area (Å²) in [6, 6.07) is 7.44. The number of rotatable bonds is 6. The van der Waals surface area contributed by atoms with Crippen LogP contribution in [0.1, 0.15) is 12.8 Å². The van der Waals surface area contributed by atoms with Gasteiger partial charge in [-0.15, -0.1) is 0 Å². The number of benzene rings is 1. The molecule has 0 radical (unpaired) electrons. The number of amides is 1. The quantitative estimate of drug-likeness (QED) is 0.590. The Morgan fingerprint density at radius 3 is 2.70 bits per heavy atom. The first kappa shape index (κ1) is 25.6. The summed E-state index contributed by atoms with van der Waals surface area (Å²) >= 11 is 0. The number of nitrogens with one attached hydrogen (secondary N) is 1. The topological polar surface area (TPSA) is 114 Å². The third-order valence-electron chi connectivity index (χ3n) is 6.81. The molecule has 2 aromatic rings. The summed E-state index contributed by atoms with van der Waals surface area (Å²) in [4.78, 5) is 22.7. The molecule has 3 aliphatic heterocycles. The Bertz CT molecular complexity index is 1260. The lowest BCUT2D eigenvalue weighted by molar-refractivity contribution is -0.137. The molecule has 1 N–H and O–H groups in total. The zero-order valence-corrected chi connectivity index (χ0v) is 22.2. The van der Waals surface area contributed by atoms with Gasteiger partial charge >= 0.3 is 0 Å². The average molecular weight is 532 g/mol. The number of pyridine rings is 1. The van der Waals surface area contributed by atoms with Crippen LogP contribution in [-0.4, -0.2) is 90.4 Å². The third kappa shape index (κ3) is 5.46. The maximum Gasteiger partial charge on any atom is 0.227 e. The minimum atomic E-state index is -3.48. The van der Waals surface area contributed by atoms with E-state index in [1.54, 1.807) is 25.2 Å². The van der Waals surface area contributed by atoms with Crippen LogP contribution in [-0.2, 0) is 19.4 Å². The molecule has 0 spiro atoms. The number of nitrogens with zero attached hydrogens (tertiary/aromatic N) is 4. The highest BCUT2D eigenvalue weighted by molar-refractivity contribution is 7.90. The first-order chi connectivity index (χ1) is 17.7. The summed E-state index contributed by atoms with van der Waals surface area (Å²) in [5, 5.41) is 3.31. The second-order valence-electron chi connectivity index (χ2n) is 9.73. The maximum absolute atomic E-state index is 12.9. The summed E-state index contributed by atoms with van der Waals surface area (Å²) in [7, 11) is 0.100. The highest BCUT2D eigenvalue weighted by Crippen LogP contribution is 2.40. The number of carbonyl (C=O) groups is 1. The number of fused-ring (bicyclic) bond motifs is 1. The first-order valence-corrected chi connectivity index (χ1v) is 14.3. The molecule has 200 valence electrons. The molecule has 0 unspecified atom stereocenters. The van der Waals surface area contributed by atoms with E-state index in [-0.39, 0.29) is 23.1 Å². The van der Waals surface area contributed by atoms with Crippen LogP contribution >= 0.6 is 0 Å². The van der Waals surface area contributed by atoms with Crippen LogP contribution < -0.4 is 24.6 Å². The van der Waals surface area contributed by atoms with Gasteiger partial charge in [0.15, 0.2) is 21.1 Å². The predicted octanol–water partition coefficient (Wildman–Crippen LogP) is 1.60. The Morgan fingerprint density at radius 2 is 1.97 bits per heavy atom. The van der Waals surface area contributed by atoms with E-state index < -0.39 is 9.84 Å². The summed E-state index contributed by atoms with van der Waals surface area (Å²) in [6.45, 7) is 3.23. The summed E-state index contributed by atoms with van der Waals surface area (Å²) < 4.78 is 41.9. The number of sulfone groups is 1. The molecule has 0 bridgehead atoms. The second kappa shape index (κ2) is 10.3. The van der Waals surface area contributed by atoms with Gasteiger partial charge in [-0.2, -0.15) is 0 Å². The molecule has 1 amide bonds. The molecule has 5 rings (SSSR count). The van der Waals surface area contributed by atoms with Crippen molar-refractivity contribution in [3.8, 4) is 11.5 Å². The molecule has 12 heteroatoms. The molecular weight excluding hydrogens is 498 g/mol. The van der Waals surface area contributed by atoms with Crippen LogP contribution in [0, 0.1) is 5.92 Å². The van der Waals surface area contributed by atoms with Crippen LogP contribution in [0.15, 0.2) is 35.5 Å². The Kier molecular flexibility index (Phi) is 7.15. The van der Waals surface area contributed by atoms with Crippen molar-refractivity contribution < 1.29 is 27.4 Å². The third-order valence-corrected chi connectivity index (χ3v) is 7.83. The van der Waals surface area contributed by atoms with Gasteiger partial charge in [0.25, 0.3) is 0 Å². The molecule has 1 aromatic heterocycles. The summed E-state index contributed by atoms with van der Waals surface area (Å²) in [6.07, 6.45) is 3.93. The average Bonchev–Trinajstić information content (AvgIpc) is 3.36. The zero-order chi connectivity index (χ0) is 26.2. The summed E-state index contributed by atoms with van der Waals surface area (Å²) in [5.74, 6) is 1.50. The molecule has 1 aromatic carbocycles. The van der Waals surface area contributed by atoms with Gasteiger partial charge in [-0.3, -0.25) is 10.1 Å². The van der Waals surface area contributed by atoms with Crippen molar-refractivity contribution in [2.75, 3.05) is 69.7 Å². The van der Waals surface area contributed by atoms with Crippen molar-refractivity contribution in [2.45, 2.75) is 24.1 Å². The fourth-order valence-electron chi connectivity index (χ4n) is 4.88. The van der Waals surface area contributed by atoms with Crippen molar-refractivity contribution in [3.05, 3.63) is 30.5 Å². The first-order valence-electron chi connectivity index (χ1n) is 12.4. The van der Waals surface area contributed by atoms with E-state index in [0.717, 1.165) is 30.5 Å². The van der Waals surface area contributed by atoms with Crippen LogP contribution in [0.2, 0.25) is 0 Å². The molecular formula is C25H33N5O6S. The molecule has 0 saturated carbocycles. The summed E-state index contributed by atoms with van der Waals surface area (Å²) in [5.41, 5.74) is 2.07. The molecule has 0 aliphatic carbocycles. The number of carbonyl (C=O) groups excluding carboxylic acids is 1.